The molecule has 132 valence electrons. The lowest BCUT2D eigenvalue weighted by atomic mass is 10.0. The Bertz CT molecular complexity index is 693. The summed E-state index contributed by atoms with van der Waals surface area (Å²) in [5.41, 5.74) is 3.25. The van der Waals surface area contributed by atoms with Crippen molar-refractivity contribution in [3.8, 4) is 0 Å². The molecule has 3 nitrogen and oxygen atoms in total. The van der Waals surface area contributed by atoms with E-state index in [0.29, 0.717) is 12.1 Å². The highest BCUT2D eigenvalue weighted by Crippen LogP contribution is 2.17. The number of likely N-dealkylation sites (tertiary alicyclic amines) is 1. The Morgan fingerprint density at radius 2 is 1.68 bits per heavy atom. The number of piperidine rings is 1. The average Bonchev–Trinajstić information content (AvgIpc) is 2.68. The van der Waals surface area contributed by atoms with E-state index in [2.05, 4.69) is 34.5 Å². The molecule has 1 amide bonds. The molecule has 0 spiro atoms. The summed E-state index contributed by atoms with van der Waals surface area (Å²) < 4.78 is 0. The van der Waals surface area contributed by atoms with Gasteiger partial charge in [-0.2, -0.15) is 0 Å². The fraction of sp³-hybridized carbons (Fsp3) is 0.381. The van der Waals surface area contributed by atoms with Gasteiger partial charge in [0, 0.05) is 23.5 Å². The van der Waals surface area contributed by atoms with Gasteiger partial charge in [0.2, 0.25) is 0 Å². The molecular weight excluding hydrogens is 328 g/mol. The van der Waals surface area contributed by atoms with E-state index in [1.807, 2.05) is 30.5 Å². The number of nitrogens with one attached hydrogen (secondary N) is 1. The maximum absolute atomic E-state index is 12.4. The number of rotatable bonds is 6. The lowest BCUT2D eigenvalue weighted by Crippen LogP contribution is -2.30. The first-order valence-electron chi connectivity index (χ1n) is 8.97. The van der Waals surface area contributed by atoms with Crippen molar-refractivity contribution in [1.29, 1.82) is 0 Å². The molecule has 1 heterocycles. The highest BCUT2D eigenvalue weighted by Gasteiger charge is 2.13. The predicted molar refractivity (Wildman–Crippen MR) is 105 cm³/mol. The quantitative estimate of drug-likeness (QED) is 0.784. The first kappa shape index (κ1) is 18.0. The number of benzene rings is 2. The highest BCUT2D eigenvalue weighted by molar-refractivity contribution is 7.98. The molecule has 4 heteroatoms. The lowest BCUT2D eigenvalue weighted by molar-refractivity contribution is 0.0950. The number of hydrogen-bond donors (Lipinski definition) is 1. The van der Waals surface area contributed by atoms with Crippen molar-refractivity contribution < 1.29 is 4.79 Å². The number of nitrogens with zero attached hydrogens (tertiary/aromatic N) is 1. The van der Waals surface area contributed by atoms with E-state index >= 15 is 0 Å². The highest BCUT2D eigenvalue weighted by atomic mass is 32.2. The van der Waals surface area contributed by atoms with Gasteiger partial charge in [-0.05, 0) is 67.6 Å². The molecule has 0 aromatic heterocycles. The summed E-state index contributed by atoms with van der Waals surface area (Å²) in [4.78, 5) is 16.1. The molecule has 3 rings (SSSR count). The van der Waals surface area contributed by atoms with E-state index in [1.165, 1.54) is 48.4 Å². The Kier molecular flexibility index (Phi) is 6.54. The van der Waals surface area contributed by atoms with Crippen LogP contribution in [0.5, 0.6) is 0 Å². The van der Waals surface area contributed by atoms with Gasteiger partial charge in [-0.25, -0.2) is 0 Å². The van der Waals surface area contributed by atoms with Crippen molar-refractivity contribution in [2.75, 3.05) is 19.3 Å². The Morgan fingerprint density at radius 1 is 1.00 bits per heavy atom. The van der Waals surface area contributed by atoms with Crippen LogP contribution in [-0.2, 0) is 13.1 Å². The summed E-state index contributed by atoms with van der Waals surface area (Å²) >= 11 is 1.68. The Labute approximate surface area is 154 Å². The van der Waals surface area contributed by atoms with Crippen LogP contribution >= 0.6 is 11.8 Å². The van der Waals surface area contributed by atoms with E-state index in [9.17, 15) is 4.79 Å². The van der Waals surface area contributed by atoms with Crippen LogP contribution in [0.4, 0.5) is 0 Å². The van der Waals surface area contributed by atoms with Gasteiger partial charge in [-0.1, -0.05) is 30.7 Å². The summed E-state index contributed by atoms with van der Waals surface area (Å²) in [5, 5.41) is 3.07. The Morgan fingerprint density at radius 3 is 2.36 bits per heavy atom. The van der Waals surface area contributed by atoms with Gasteiger partial charge >= 0.3 is 0 Å². The Hall–Kier alpha value is -1.78. The first-order valence-corrected chi connectivity index (χ1v) is 10.2. The molecule has 2 aromatic carbocycles. The van der Waals surface area contributed by atoms with E-state index < -0.39 is 0 Å². The van der Waals surface area contributed by atoms with Crippen LogP contribution in [0, 0.1) is 0 Å². The molecule has 0 radical (unpaired) electrons. The molecule has 1 fully saturated rings. The minimum atomic E-state index is -0.0135. The van der Waals surface area contributed by atoms with Gasteiger partial charge in [0.15, 0.2) is 0 Å². The fourth-order valence-electron chi connectivity index (χ4n) is 3.26. The molecule has 1 aliphatic rings. The van der Waals surface area contributed by atoms with Crippen molar-refractivity contribution >= 4 is 17.7 Å². The third kappa shape index (κ3) is 5.10. The molecule has 1 N–H and O–H groups in total. The van der Waals surface area contributed by atoms with Crippen LogP contribution in [0.3, 0.4) is 0 Å². The van der Waals surface area contributed by atoms with Crippen LogP contribution in [0.15, 0.2) is 53.4 Å². The number of hydrogen-bond acceptors (Lipinski definition) is 3. The molecule has 0 aliphatic carbocycles. The molecule has 2 aromatic rings. The minimum Gasteiger partial charge on any atom is -0.348 e. The van der Waals surface area contributed by atoms with E-state index in [1.54, 1.807) is 11.8 Å². The summed E-state index contributed by atoms with van der Waals surface area (Å²) in [5.74, 6) is -0.0135. The van der Waals surface area contributed by atoms with Gasteiger partial charge in [-0.15, -0.1) is 11.8 Å². The summed E-state index contributed by atoms with van der Waals surface area (Å²) in [6, 6.07) is 16.2. The SMILES string of the molecule is CSc1ccc(C(=O)NCc2ccccc2CN2CCCCC2)cc1. The minimum absolute atomic E-state index is 0.0135. The number of carbonyl (C=O) groups excluding carboxylic acids is 1. The van der Waals surface area contributed by atoms with E-state index in [4.69, 9.17) is 0 Å². The summed E-state index contributed by atoms with van der Waals surface area (Å²) in [6.45, 7) is 3.92. The summed E-state index contributed by atoms with van der Waals surface area (Å²) in [7, 11) is 0. The lowest BCUT2D eigenvalue weighted by Gasteiger charge is -2.27. The van der Waals surface area contributed by atoms with Crippen LogP contribution in [0.2, 0.25) is 0 Å². The van der Waals surface area contributed by atoms with Crippen LogP contribution in [-0.4, -0.2) is 30.2 Å². The topological polar surface area (TPSA) is 32.3 Å². The van der Waals surface area contributed by atoms with Crippen molar-refractivity contribution in [1.82, 2.24) is 10.2 Å². The molecule has 0 unspecified atom stereocenters. The van der Waals surface area contributed by atoms with Gasteiger partial charge in [0.05, 0.1) is 0 Å². The average molecular weight is 355 g/mol. The van der Waals surface area contributed by atoms with Gasteiger partial charge in [0.1, 0.15) is 0 Å². The van der Waals surface area contributed by atoms with Crippen LogP contribution in [0.1, 0.15) is 40.7 Å². The normalized spacial score (nSPS) is 15.1. The second-order valence-corrected chi connectivity index (χ2v) is 7.40. The van der Waals surface area contributed by atoms with Crippen molar-refractivity contribution in [2.45, 2.75) is 37.2 Å². The standard InChI is InChI=1S/C21H26N2OS/c1-25-20-11-9-17(10-12-20)21(24)22-15-18-7-3-4-8-19(18)16-23-13-5-2-6-14-23/h3-4,7-12H,2,5-6,13-16H2,1H3,(H,22,24). The van der Waals surface area contributed by atoms with Gasteiger partial charge < -0.3 is 5.32 Å². The van der Waals surface area contributed by atoms with Crippen LogP contribution in [0.25, 0.3) is 0 Å². The monoisotopic (exact) mass is 354 g/mol. The van der Waals surface area contributed by atoms with Crippen molar-refractivity contribution in [3.63, 3.8) is 0 Å². The number of thioether (sulfide) groups is 1. The van der Waals surface area contributed by atoms with Crippen LogP contribution < -0.4 is 5.32 Å². The summed E-state index contributed by atoms with van der Waals surface area (Å²) in [6.07, 6.45) is 5.98. The largest absolute Gasteiger partial charge is 0.348 e. The van der Waals surface area contributed by atoms with Gasteiger partial charge in [0.25, 0.3) is 5.91 Å². The predicted octanol–water partition coefficient (Wildman–Crippen LogP) is 4.32. The molecule has 25 heavy (non-hydrogen) atoms. The second-order valence-electron chi connectivity index (χ2n) is 6.52. The Balaban J connectivity index is 1.61. The van der Waals surface area contributed by atoms with E-state index in [-0.39, 0.29) is 5.91 Å². The van der Waals surface area contributed by atoms with Crippen molar-refractivity contribution in [2.24, 2.45) is 0 Å². The molecule has 1 saturated heterocycles. The third-order valence-electron chi connectivity index (χ3n) is 4.75. The molecule has 0 atom stereocenters. The third-order valence-corrected chi connectivity index (χ3v) is 5.50. The number of amides is 1. The zero-order valence-corrected chi connectivity index (χ0v) is 15.6. The van der Waals surface area contributed by atoms with Gasteiger partial charge in [-0.3, -0.25) is 9.69 Å². The zero-order chi connectivity index (χ0) is 17.5. The fourth-order valence-corrected chi connectivity index (χ4v) is 3.67. The van der Waals surface area contributed by atoms with E-state index in [0.717, 1.165) is 6.54 Å². The maximum atomic E-state index is 12.4. The zero-order valence-electron chi connectivity index (χ0n) is 14.8. The maximum Gasteiger partial charge on any atom is 0.251 e. The smallest absolute Gasteiger partial charge is 0.251 e. The molecular formula is C21H26N2OS. The second kappa shape index (κ2) is 9.07. The molecule has 1 aliphatic heterocycles. The number of carbonyl (C=O) groups is 1. The molecule has 0 bridgehead atoms. The first-order chi connectivity index (χ1) is 12.3. The molecule has 0 saturated carbocycles. The van der Waals surface area contributed by atoms with Crippen molar-refractivity contribution in [3.05, 3.63) is 65.2 Å².